The third-order valence-electron chi connectivity index (χ3n) is 4.29. The molecule has 0 bridgehead atoms. The van der Waals surface area contributed by atoms with Gasteiger partial charge in [0.15, 0.2) is 0 Å². The van der Waals surface area contributed by atoms with Crippen LogP contribution < -0.4 is 5.56 Å². The minimum absolute atomic E-state index is 0.0329. The highest BCUT2D eigenvalue weighted by Gasteiger charge is 2.13. The van der Waals surface area contributed by atoms with Gasteiger partial charge in [0, 0.05) is 24.8 Å². The van der Waals surface area contributed by atoms with E-state index < -0.39 is 0 Å². The average Bonchev–Trinajstić information content (AvgIpc) is 2.56. The molecule has 3 aromatic rings. The Hall–Kier alpha value is -2.46. The molecular weight excluding hydrogens is 286 g/mol. The third-order valence-corrected chi connectivity index (χ3v) is 4.29. The summed E-state index contributed by atoms with van der Waals surface area (Å²) < 4.78 is 1.60. The highest BCUT2D eigenvalue weighted by atomic mass is 16.1. The molecule has 2 heterocycles. The van der Waals surface area contributed by atoms with E-state index in [-0.39, 0.29) is 11.6 Å². The quantitative estimate of drug-likeness (QED) is 0.743. The van der Waals surface area contributed by atoms with Crippen molar-refractivity contribution >= 4 is 5.65 Å². The van der Waals surface area contributed by atoms with E-state index in [1.54, 1.807) is 16.7 Å². The van der Waals surface area contributed by atoms with Gasteiger partial charge in [0.25, 0.3) is 5.56 Å². The minimum Gasteiger partial charge on any atom is -0.294 e. The number of aryl methyl sites for hydroxylation is 1. The van der Waals surface area contributed by atoms with Crippen molar-refractivity contribution in [2.45, 2.75) is 26.4 Å². The summed E-state index contributed by atoms with van der Waals surface area (Å²) in [7, 11) is 2.05. The lowest BCUT2D eigenvalue weighted by Gasteiger charge is -2.24. The van der Waals surface area contributed by atoms with Crippen molar-refractivity contribution in [2.75, 3.05) is 7.05 Å². The SMILES string of the molecule is Cc1cccn2c(=O)cc(CN(C)[C@@H](C)c3ccccc3)nc12. The summed E-state index contributed by atoms with van der Waals surface area (Å²) in [6.45, 7) is 4.77. The largest absolute Gasteiger partial charge is 0.294 e. The van der Waals surface area contributed by atoms with Gasteiger partial charge in [-0.05, 0) is 38.1 Å². The van der Waals surface area contributed by atoms with Crippen LogP contribution in [0.4, 0.5) is 0 Å². The Bertz CT molecular complexity index is 871. The van der Waals surface area contributed by atoms with Crippen LogP contribution in [0.3, 0.4) is 0 Å². The van der Waals surface area contributed by atoms with E-state index in [9.17, 15) is 4.79 Å². The summed E-state index contributed by atoms with van der Waals surface area (Å²) in [4.78, 5) is 19.2. The molecule has 0 saturated heterocycles. The fourth-order valence-corrected chi connectivity index (χ4v) is 2.77. The topological polar surface area (TPSA) is 37.6 Å². The third kappa shape index (κ3) is 3.17. The van der Waals surface area contributed by atoms with Gasteiger partial charge in [-0.15, -0.1) is 0 Å². The van der Waals surface area contributed by atoms with Crippen LogP contribution in [0.5, 0.6) is 0 Å². The number of nitrogens with zero attached hydrogens (tertiary/aromatic N) is 3. The van der Waals surface area contributed by atoms with E-state index >= 15 is 0 Å². The summed E-state index contributed by atoms with van der Waals surface area (Å²) in [5.74, 6) is 0. The van der Waals surface area contributed by atoms with E-state index in [0.29, 0.717) is 6.54 Å². The number of pyridine rings is 1. The second kappa shape index (κ2) is 6.34. The number of benzene rings is 1. The molecule has 0 aliphatic carbocycles. The predicted octanol–water partition coefficient (Wildman–Crippen LogP) is 3.20. The smallest absolute Gasteiger partial charge is 0.258 e. The highest BCUT2D eigenvalue weighted by molar-refractivity contribution is 5.46. The monoisotopic (exact) mass is 307 g/mol. The van der Waals surface area contributed by atoms with E-state index in [1.807, 2.05) is 37.3 Å². The van der Waals surface area contributed by atoms with Crippen molar-refractivity contribution in [2.24, 2.45) is 0 Å². The Balaban J connectivity index is 1.89. The lowest BCUT2D eigenvalue weighted by atomic mass is 10.1. The maximum atomic E-state index is 12.3. The maximum absolute atomic E-state index is 12.3. The zero-order chi connectivity index (χ0) is 16.4. The first-order chi connectivity index (χ1) is 11.1. The lowest BCUT2D eigenvalue weighted by Crippen LogP contribution is -2.24. The van der Waals surface area contributed by atoms with Crippen molar-refractivity contribution in [3.8, 4) is 0 Å². The second-order valence-corrected chi connectivity index (χ2v) is 5.97. The molecule has 0 unspecified atom stereocenters. The lowest BCUT2D eigenvalue weighted by molar-refractivity contribution is 0.250. The molecule has 1 atom stereocenters. The highest BCUT2D eigenvalue weighted by Crippen LogP contribution is 2.19. The number of hydrogen-bond donors (Lipinski definition) is 0. The van der Waals surface area contributed by atoms with Crippen LogP contribution in [0.1, 0.15) is 29.8 Å². The van der Waals surface area contributed by atoms with Gasteiger partial charge in [-0.25, -0.2) is 4.98 Å². The molecule has 4 nitrogen and oxygen atoms in total. The summed E-state index contributed by atoms with van der Waals surface area (Å²) >= 11 is 0. The molecule has 23 heavy (non-hydrogen) atoms. The van der Waals surface area contributed by atoms with E-state index in [4.69, 9.17) is 0 Å². The summed E-state index contributed by atoms with van der Waals surface area (Å²) in [6.07, 6.45) is 1.76. The van der Waals surface area contributed by atoms with Crippen LogP contribution >= 0.6 is 0 Å². The van der Waals surface area contributed by atoms with E-state index in [2.05, 4.69) is 36.0 Å². The molecule has 0 saturated carbocycles. The van der Waals surface area contributed by atoms with Crippen molar-refractivity contribution < 1.29 is 0 Å². The maximum Gasteiger partial charge on any atom is 0.258 e. The van der Waals surface area contributed by atoms with Crippen LogP contribution in [0, 0.1) is 6.92 Å². The first-order valence-electron chi connectivity index (χ1n) is 7.79. The number of hydrogen-bond acceptors (Lipinski definition) is 3. The Morgan fingerprint density at radius 2 is 1.91 bits per heavy atom. The summed E-state index contributed by atoms with van der Waals surface area (Å²) in [5.41, 5.74) is 3.76. The Morgan fingerprint density at radius 3 is 2.65 bits per heavy atom. The summed E-state index contributed by atoms with van der Waals surface area (Å²) in [5, 5.41) is 0. The van der Waals surface area contributed by atoms with E-state index in [1.165, 1.54) is 5.56 Å². The number of fused-ring (bicyclic) bond motifs is 1. The van der Waals surface area contributed by atoms with Crippen LogP contribution in [-0.4, -0.2) is 21.3 Å². The molecule has 0 aliphatic heterocycles. The van der Waals surface area contributed by atoms with Gasteiger partial charge in [0.2, 0.25) is 0 Å². The molecule has 0 amide bonds. The van der Waals surface area contributed by atoms with Crippen LogP contribution in [-0.2, 0) is 6.54 Å². The second-order valence-electron chi connectivity index (χ2n) is 5.97. The van der Waals surface area contributed by atoms with Gasteiger partial charge in [-0.2, -0.15) is 0 Å². The number of rotatable bonds is 4. The van der Waals surface area contributed by atoms with Crippen molar-refractivity contribution in [3.05, 3.63) is 81.9 Å². The van der Waals surface area contributed by atoms with Crippen molar-refractivity contribution in [1.82, 2.24) is 14.3 Å². The molecule has 1 aromatic carbocycles. The molecular formula is C19H21N3O. The molecule has 3 rings (SSSR count). The predicted molar refractivity (Wildman–Crippen MR) is 92.5 cm³/mol. The van der Waals surface area contributed by atoms with Gasteiger partial charge in [0.1, 0.15) is 5.65 Å². The van der Waals surface area contributed by atoms with Crippen molar-refractivity contribution in [1.29, 1.82) is 0 Å². The normalized spacial score (nSPS) is 12.7. The molecule has 0 radical (unpaired) electrons. The Labute approximate surface area is 136 Å². The molecule has 2 aromatic heterocycles. The average molecular weight is 307 g/mol. The van der Waals surface area contributed by atoms with Gasteiger partial charge >= 0.3 is 0 Å². The van der Waals surface area contributed by atoms with Gasteiger partial charge in [-0.3, -0.25) is 14.1 Å². The minimum atomic E-state index is -0.0329. The van der Waals surface area contributed by atoms with Gasteiger partial charge in [-0.1, -0.05) is 36.4 Å². The van der Waals surface area contributed by atoms with Gasteiger partial charge in [0.05, 0.1) is 5.69 Å². The molecule has 0 spiro atoms. The first kappa shape index (κ1) is 15.4. The fraction of sp³-hybridized carbons (Fsp3) is 0.263. The van der Waals surface area contributed by atoms with Crippen LogP contribution in [0.2, 0.25) is 0 Å². The molecule has 0 N–H and O–H groups in total. The van der Waals surface area contributed by atoms with Crippen LogP contribution in [0.25, 0.3) is 5.65 Å². The zero-order valence-corrected chi connectivity index (χ0v) is 13.7. The molecule has 0 aliphatic rings. The molecule has 118 valence electrons. The van der Waals surface area contributed by atoms with E-state index in [0.717, 1.165) is 16.9 Å². The Morgan fingerprint density at radius 1 is 1.17 bits per heavy atom. The first-order valence-corrected chi connectivity index (χ1v) is 7.79. The van der Waals surface area contributed by atoms with Gasteiger partial charge < -0.3 is 0 Å². The van der Waals surface area contributed by atoms with Crippen molar-refractivity contribution in [3.63, 3.8) is 0 Å². The number of aromatic nitrogens is 2. The zero-order valence-electron chi connectivity index (χ0n) is 13.7. The fourth-order valence-electron chi connectivity index (χ4n) is 2.77. The summed E-state index contributed by atoms with van der Waals surface area (Å²) in [6, 6.07) is 16.1. The Kier molecular flexibility index (Phi) is 4.26. The standard InChI is InChI=1S/C19H21N3O/c1-14-8-7-11-22-18(23)12-17(20-19(14)22)13-21(3)15(2)16-9-5-4-6-10-16/h4-12,15H,13H2,1-3H3/t15-/m0/s1. The molecule has 0 fully saturated rings. The van der Waals surface area contributed by atoms with Crippen LogP contribution in [0.15, 0.2) is 59.5 Å². The molecule has 4 heteroatoms.